The van der Waals surface area contributed by atoms with Crippen molar-refractivity contribution in [3.05, 3.63) is 35.4 Å². The van der Waals surface area contributed by atoms with Crippen LogP contribution in [0.15, 0.2) is 18.2 Å². The second-order valence-electron chi connectivity index (χ2n) is 5.23. The second-order valence-corrected chi connectivity index (χ2v) is 5.23. The summed E-state index contributed by atoms with van der Waals surface area (Å²) < 4.78 is 12.6. The van der Waals surface area contributed by atoms with Crippen molar-refractivity contribution >= 4 is 0 Å². The molecular formula is C15H20N4O2. The fourth-order valence-electron chi connectivity index (χ4n) is 2.66. The molecule has 21 heavy (non-hydrogen) atoms. The van der Waals surface area contributed by atoms with E-state index in [9.17, 15) is 0 Å². The monoisotopic (exact) mass is 288 g/mol. The molecule has 0 radical (unpaired) electrons. The fraction of sp³-hybridized carbons (Fsp3) is 0.467. The van der Waals surface area contributed by atoms with E-state index in [1.807, 2.05) is 29.8 Å². The lowest BCUT2D eigenvalue weighted by Gasteiger charge is -2.26. The van der Waals surface area contributed by atoms with Crippen LogP contribution in [0.25, 0.3) is 0 Å². The van der Waals surface area contributed by atoms with E-state index in [4.69, 9.17) is 9.47 Å². The predicted octanol–water partition coefficient (Wildman–Crippen LogP) is 1.62. The van der Waals surface area contributed by atoms with Gasteiger partial charge in [-0.05, 0) is 24.6 Å². The topological polar surface area (TPSA) is 52.4 Å². The number of methoxy groups -OCH3 is 2. The molecule has 0 spiro atoms. The summed E-state index contributed by atoms with van der Waals surface area (Å²) in [6, 6.07) is 5.99. The van der Waals surface area contributed by atoms with E-state index in [2.05, 4.69) is 15.0 Å². The SMILES string of the molecule is COc1cc(CN2CCn3nc(C)nc3C2)cc(OC)c1. The first kappa shape index (κ1) is 13.9. The molecule has 6 nitrogen and oxygen atoms in total. The van der Waals surface area contributed by atoms with Crippen LogP contribution >= 0.6 is 0 Å². The number of hydrogen-bond donors (Lipinski definition) is 0. The van der Waals surface area contributed by atoms with E-state index in [0.717, 1.165) is 49.3 Å². The van der Waals surface area contributed by atoms with Crippen LogP contribution in [0.4, 0.5) is 0 Å². The smallest absolute Gasteiger partial charge is 0.147 e. The van der Waals surface area contributed by atoms with E-state index >= 15 is 0 Å². The molecular weight excluding hydrogens is 268 g/mol. The maximum atomic E-state index is 5.32. The van der Waals surface area contributed by atoms with Gasteiger partial charge in [0.25, 0.3) is 0 Å². The Labute approximate surface area is 124 Å². The highest BCUT2D eigenvalue weighted by atomic mass is 16.5. The lowest BCUT2D eigenvalue weighted by molar-refractivity contribution is 0.201. The van der Waals surface area contributed by atoms with Crippen molar-refractivity contribution in [2.24, 2.45) is 0 Å². The number of nitrogens with zero attached hydrogens (tertiary/aromatic N) is 4. The van der Waals surface area contributed by atoms with Gasteiger partial charge in [-0.2, -0.15) is 5.10 Å². The molecule has 0 saturated heterocycles. The Hall–Kier alpha value is -2.08. The van der Waals surface area contributed by atoms with Gasteiger partial charge in [0.15, 0.2) is 0 Å². The lowest BCUT2D eigenvalue weighted by atomic mass is 10.1. The number of fused-ring (bicyclic) bond motifs is 1. The summed E-state index contributed by atoms with van der Waals surface area (Å²) in [6.07, 6.45) is 0. The first-order chi connectivity index (χ1) is 10.2. The van der Waals surface area contributed by atoms with Crippen LogP contribution in [0, 0.1) is 6.92 Å². The van der Waals surface area contributed by atoms with E-state index in [1.165, 1.54) is 5.56 Å². The Bertz CT molecular complexity index is 616. The summed E-state index contributed by atoms with van der Waals surface area (Å²) >= 11 is 0. The molecule has 112 valence electrons. The molecule has 3 rings (SSSR count). The largest absolute Gasteiger partial charge is 0.497 e. The van der Waals surface area contributed by atoms with Crippen LogP contribution in [0.3, 0.4) is 0 Å². The van der Waals surface area contributed by atoms with Crippen LogP contribution in [0.5, 0.6) is 11.5 Å². The first-order valence-corrected chi connectivity index (χ1v) is 7.02. The van der Waals surface area contributed by atoms with Gasteiger partial charge in [-0.1, -0.05) is 0 Å². The zero-order valence-corrected chi connectivity index (χ0v) is 12.7. The molecule has 2 heterocycles. The Morgan fingerprint density at radius 2 is 1.81 bits per heavy atom. The van der Waals surface area contributed by atoms with Gasteiger partial charge in [-0.15, -0.1) is 0 Å². The minimum absolute atomic E-state index is 0.820. The highest BCUT2D eigenvalue weighted by Gasteiger charge is 2.19. The summed E-state index contributed by atoms with van der Waals surface area (Å²) in [5, 5.41) is 4.39. The number of aryl methyl sites for hydroxylation is 1. The van der Waals surface area contributed by atoms with Gasteiger partial charge in [0.2, 0.25) is 0 Å². The number of aromatic nitrogens is 3. The molecule has 6 heteroatoms. The number of ether oxygens (including phenoxy) is 2. The maximum Gasteiger partial charge on any atom is 0.147 e. The average Bonchev–Trinajstić information content (AvgIpc) is 2.86. The highest BCUT2D eigenvalue weighted by molar-refractivity contribution is 5.38. The minimum atomic E-state index is 0.820. The van der Waals surface area contributed by atoms with E-state index in [-0.39, 0.29) is 0 Å². The zero-order chi connectivity index (χ0) is 14.8. The van der Waals surface area contributed by atoms with Gasteiger partial charge in [-0.3, -0.25) is 4.90 Å². The summed E-state index contributed by atoms with van der Waals surface area (Å²) in [5.41, 5.74) is 1.18. The molecule has 1 aromatic carbocycles. The molecule has 0 bridgehead atoms. The summed E-state index contributed by atoms with van der Waals surface area (Å²) in [7, 11) is 3.34. The highest BCUT2D eigenvalue weighted by Crippen LogP contribution is 2.24. The van der Waals surface area contributed by atoms with Gasteiger partial charge in [0.05, 0.1) is 27.3 Å². The average molecular weight is 288 g/mol. The van der Waals surface area contributed by atoms with Gasteiger partial charge < -0.3 is 9.47 Å². The molecule has 0 N–H and O–H groups in total. The van der Waals surface area contributed by atoms with Crippen LogP contribution in [-0.4, -0.2) is 40.4 Å². The van der Waals surface area contributed by atoms with Crippen LogP contribution in [-0.2, 0) is 19.6 Å². The van der Waals surface area contributed by atoms with Crippen LogP contribution < -0.4 is 9.47 Å². The van der Waals surface area contributed by atoms with Crippen molar-refractivity contribution in [3.63, 3.8) is 0 Å². The van der Waals surface area contributed by atoms with Crippen molar-refractivity contribution in [2.45, 2.75) is 26.6 Å². The van der Waals surface area contributed by atoms with Crippen molar-refractivity contribution in [1.82, 2.24) is 19.7 Å². The Morgan fingerprint density at radius 3 is 2.48 bits per heavy atom. The summed E-state index contributed by atoms with van der Waals surface area (Å²) in [4.78, 5) is 6.83. The van der Waals surface area contributed by atoms with Crippen molar-refractivity contribution in [3.8, 4) is 11.5 Å². The van der Waals surface area contributed by atoms with Crippen LogP contribution in [0.2, 0.25) is 0 Å². The Morgan fingerprint density at radius 1 is 1.10 bits per heavy atom. The molecule has 0 amide bonds. The third-order valence-electron chi connectivity index (χ3n) is 3.66. The third kappa shape index (κ3) is 3.00. The van der Waals surface area contributed by atoms with Gasteiger partial charge >= 0.3 is 0 Å². The first-order valence-electron chi connectivity index (χ1n) is 7.02. The molecule has 0 saturated carbocycles. The number of rotatable bonds is 4. The molecule has 0 aliphatic carbocycles. The second kappa shape index (κ2) is 5.73. The lowest BCUT2D eigenvalue weighted by Crippen LogP contribution is -2.33. The Balaban J connectivity index is 1.75. The maximum absolute atomic E-state index is 5.32. The van der Waals surface area contributed by atoms with Crippen molar-refractivity contribution < 1.29 is 9.47 Å². The van der Waals surface area contributed by atoms with Crippen molar-refractivity contribution in [2.75, 3.05) is 20.8 Å². The quantitative estimate of drug-likeness (QED) is 0.855. The number of benzene rings is 1. The normalized spacial score (nSPS) is 14.8. The molecule has 1 aliphatic rings. The van der Waals surface area contributed by atoms with Gasteiger partial charge in [0.1, 0.15) is 23.1 Å². The minimum Gasteiger partial charge on any atom is -0.497 e. The molecule has 1 aliphatic heterocycles. The zero-order valence-electron chi connectivity index (χ0n) is 12.7. The van der Waals surface area contributed by atoms with Crippen molar-refractivity contribution in [1.29, 1.82) is 0 Å². The number of hydrogen-bond acceptors (Lipinski definition) is 5. The molecule has 1 aromatic heterocycles. The molecule has 2 aromatic rings. The van der Waals surface area contributed by atoms with Gasteiger partial charge in [-0.25, -0.2) is 9.67 Å². The van der Waals surface area contributed by atoms with Gasteiger partial charge in [0, 0.05) is 19.2 Å². The van der Waals surface area contributed by atoms with E-state index < -0.39 is 0 Å². The summed E-state index contributed by atoms with van der Waals surface area (Å²) in [6.45, 7) is 5.45. The predicted molar refractivity (Wildman–Crippen MR) is 78.4 cm³/mol. The standard InChI is InChI=1S/C15H20N4O2/c1-11-16-15-10-18(4-5-19(15)17-11)9-12-6-13(20-2)8-14(7-12)21-3/h6-8H,4-5,9-10H2,1-3H3. The van der Waals surface area contributed by atoms with E-state index in [0.29, 0.717) is 0 Å². The molecule has 0 atom stereocenters. The third-order valence-corrected chi connectivity index (χ3v) is 3.66. The Kier molecular flexibility index (Phi) is 3.79. The van der Waals surface area contributed by atoms with E-state index in [1.54, 1.807) is 14.2 Å². The fourth-order valence-corrected chi connectivity index (χ4v) is 2.66. The van der Waals surface area contributed by atoms with Crippen LogP contribution in [0.1, 0.15) is 17.2 Å². The molecule has 0 fully saturated rings. The molecule has 0 unspecified atom stereocenters. The summed E-state index contributed by atoms with van der Waals surface area (Å²) in [5.74, 6) is 3.52.